The van der Waals surface area contributed by atoms with Crippen LogP contribution in [0.15, 0.2) is 0 Å². The third kappa shape index (κ3) is 1.32. The van der Waals surface area contributed by atoms with Gasteiger partial charge in [-0.3, -0.25) is 0 Å². The van der Waals surface area contributed by atoms with Crippen molar-refractivity contribution in [1.29, 1.82) is 0 Å². The number of nitrogens with zero attached hydrogens (tertiary/aromatic N) is 1. The summed E-state index contributed by atoms with van der Waals surface area (Å²) >= 11 is 5.57. The molecule has 0 aromatic carbocycles. The number of rotatable bonds is 1. The molecule has 1 aliphatic rings. The summed E-state index contributed by atoms with van der Waals surface area (Å²) in [5.41, 5.74) is 2.17. The minimum Gasteiger partial charge on any atom is -0.316 e. The lowest BCUT2D eigenvalue weighted by Gasteiger charge is -2.03. The summed E-state index contributed by atoms with van der Waals surface area (Å²) in [6, 6.07) is 0.174. The van der Waals surface area contributed by atoms with Gasteiger partial charge in [-0.05, 0) is 18.2 Å². The highest BCUT2D eigenvalue weighted by Gasteiger charge is 2.19. The lowest BCUT2D eigenvalue weighted by atomic mass is 10.3. The van der Waals surface area contributed by atoms with Crippen molar-refractivity contribution in [3.8, 4) is 0 Å². The topological polar surface area (TPSA) is 35.5 Å². The molecule has 1 rings (SSSR count). The molecule has 48 valence electrons. The molecule has 3 nitrogen and oxygen atoms in total. The fourth-order valence-corrected chi connectivity index (χ4v) is 1.09. The van der Waals surface area contributed by atoms with E-state index in [4.69, 9.17) is 17.0 Å². The number of hydroxylamine groups is 1. The van der Waals surface area contributed by atoms with E-state index in [1.165, 1.54) is 0 Å². The summed E-state index contributed by atoms with van der Waals surface area (Å²) in [6.45, 7) is 1.60. The number of hydrogen-bond acceptors (Lipinski definition) is 3. The van der Waals surface area contributed by atoms with Gasteiger partial charge in [0.1, 0.15) is 0 Å². The second kappa shape index (κ2) is 2.64. The predicted octanol–water partition coefficient (Wildman–Crippen LogP) is 0.193. The molecule has 0 bridgehead atoms. The van der Waals surface area contributed by atoms with E-state index in [1.807, 2.05) is 0 Å². The van der Waals surface area contributed by atoms with Gasteiger partial charge in [0.2, 0.25) is 0 Å². The average Bonchev–Trinajstić information content (AvgIpc) is 2.14. The van der Waals surface area contributed by atoms with Gasteiger partial charge in [0, 0.05) is 19.1 Å². The van der Waals surface area contributed by atoms with Crippen molar-refractivity contribution in [1.82, 2.24) is 9.90 Å². The molecule has 0 radical (unpaired) electrons. The number of nitrogens with one attached hydrogen (secondary N) is 1. The minimum atomic E-state index is 0.174. The van der Waals surface area contributed by atoms with Crippen molar-refractivity contribution in [3.63, 3.8) is 0 Å². The Morgan fingerprint density at radius 1 is 1.75 bits per heavy atom. The summed E-state index contributed by atoms with van der Waals surface area (Å²) in [5, 5.41) is 8.35. The molecular formula is C4H9ClN2O. The molecule has 1 fully saturated rings. The third-order valence-corrected chi connectivity index (χ3v) is 1.63. The van der Waals surface area contributed by atoms with E-state index in [9.17, 15) is 0 Å². The van der Waals surface area contributed by atoms with Crippen LogP contribution in [0.5, 0.6) is 0 Å². The van der Waals surface area contributed by atoms with Crippen LogP contribution < -0.4 is 5.48 Å². The van der Waals surface area contributed by atoms with Crippen molar-refractivity contribution in [3.05, 3.63) is 0 Å². The van der Waals surface area contributed by atoms with Gasteiger partial charge in [0.25, 0.3) is 0 Å². The Bertz CT molecular complexity index is 80.4. The summed E-state index contributed by atoms with van der Waals surface area (Å²) < 4.78 is 1.66. The van der Waals surface area contributed by atoms with Gasteiger partial charge in [-0.2, -0.15) is 0 Å². The van der Waals surface area contributed by atoms with Crippen LogP contribution in [0.2, 0.25) is 0 Å². The molecule has 0 aromatic rings. The normalized spacial score (nSPS) is 31.5. The summed E-state index contributed by atoms with van der Waals surface area (Å²) in [7, 11) is 0. The number of hydrogen-bond donors (Lipinski definition) is 2. The molecule has 1 aliphatic heterocycles. The van der Waals surface area contributed by atoms with Crippen LogP contribution >= 0.6 is 11.8 Å². The van der Waals surface area contributed by atoms with Gasteiger partial charge >= 0.3 is 0 Å². The van der Waals surface area contributed by atoms with E-state index < -0.39 is 0 Å². The van der Waals surface area contributed by atoms with Gasteiger partial charge in [-0.25, -0.2) is 9.90 Å². The second-order valence-electron chi connectivity index (χ2n) is 1.98. The Hall–Kier alpha value is 0.170. The van der Waals surface area contributed by atoms with Crippen LogP contribution in [0.3, 0.4) is 0 Å². The fourth-order valence-electron chi connectivity index (χ4n) is 0.823. The minimum absolute atomic E-state index is 0.174. The van der Waals surface area contributed by atoms with E-state index in [0.717, 1.165) is 19.5 Å². The largest absolute Gasteiger partial charge is 0.316 e. The average molecular weight is 137 g/mol. The first-order valence-electron chi connectivity index (χ1n) is 2.63. The van der Waals surface area contributed by atoms with Gasteiger partial charge in [-0.1, -0.05) is 0 Å². The van der Waals surface area contributed by atoms with Crippen LogP contribution in [-0.2, 0) is 0 Å². The maximum absolute atomic E-state index is 8.35. The van der Waals surface area contributed by atoms with E-state index in [-0.39, 0.29) is 6.04 Å². The van der Waals surface area contributed by atoms with Gasteiger partial charge in [0.15, 0.2) is 0 Å². The summed E-state index contributed by atoms with van der Waals surface area (Å²) in [5.74, 6) is 0. The fraction of sp³-hybridized carbons (Fsp3) is 1.00. The van der Waals surface area contributed by atoms with E-state index in [1.54, 1.807) is 4.42 Å². The van der Waals surface area contributed by atoms with Crippen LogP contribution in [0.25, 0.3) is 0 Å². The Balaban J connectivity index is 2.22. The van der Waals surface area contributed by atoms with E-state index >= 15 is 0 Å². The molecule has 0 aliphatic carbocycles. The van der Waals surface area contributed by atoms with Crippen LogP contribution in [0, 0.1) is 0 Å². The van der Waals surface area contributed by atoms with Crippen molar-refractivity contribution in [2.75, 3.05) is 13.1 Å². The smallest absolute Gasteiger partial charge is 0.0472 e. The number of halogens is 1. The Labute approximate surface area is 53.3 Å². The Kier molecular flexibility index (Phi) is 2.08. The lowest BCUT2D eigenvalue weighted by molar-refractivity contribution is 0.131. The Morgan fingerprint density at radius 3 is 2.75 bits per heavy atom. The molecule has 0 aromatic heterocycles. The molecule has 2 N–H and O–H groups in total. The molecule has 0 unspecified atom stereocenters. The highest BCUT2D eigenvalue weighted by atomic mass is 35.5. The van der Waals surface area contributed by atoms with Crippen molar-refractivity contribution in [2.45, 2.75) is 12.5 Å². The van der Waals surface area contributed by atoms with Crippen molar-refractivity contribution in [2.24, 2.45) is 0 Å². The van der Waals surface area contributed by atoms with Gasteiger partial charge in [0.05, 0.1) is 0 Å². The first-order chi connectivity index (χ1) is 3.83. The van der Waals surface area contributed by atoms with Crippen molar-refractivity contribution < 1.29 is 5.21 Å². The zero-order valence-corrected chi connectivity index (χ0v) is 5.23. The third-order valence-electron chi connectivity index (χ3n) is 1.32. The van der Waals surface area contributed by atoms with Crippen LogP contribution in [0.1, 0.15) is 6.42 Å². The maximum Gasteiger partial charge on any atom is 0.0472 e. The van der Waals surface area contributed by atoms with Crippen LogP contribution in [-0.4, -0.2) is 28.8 Å². The standard InChI is InChI=1S/C4H9ClN2O/c5-7-2-1-4(3-7)6-8/h4,6,8H,1-3H2/t4-/m1/s1. The van der Waals surface area contributed by atoms with E-state index in [0.29, 0.717) is 0 Å². The quantitative estimate of drug-likeness (QED) is 0.399. The zero-order valence-electron chi connectivity index (χ0n) is 4.47. The molecule has 0 amide bonds. The molecule has 4 heteroatoms. The monoisotopic (exact) mass is 136 g/mol. The predicted molar refractivity (Wildman–Crippen MR) is 30.8 cm³/mol. The SMILES string of the molecule is ON[C@@H]1CCN(Cl)C1. The van der Waals surface area contributed by atoms with Crippen LogP contribution in [0.4, 0.5) is 0 Å². The molecule has 0 saturated carbocycles. The maximum atomic E-state index is 8.35. The second-order valence-corrected chi connectivity index (χ2v) is 2.46. The van der Waals surface area contributed by atoms with E-state index in [2.05, 4.69) is 5.48 Å². The first kappa shape index (κ1) is 6.29. The Morgan fingerprint density at radius 2 is 2.50 bits per heavy atom. The lowest BCUT2D eigenvalue weighted by Crippen LogP contribution is -2.27. The van der Waals surface area contributed by atoms with Crippen molar-refractivity contribution >= 4 is 11.8 Å². The highest BCUT2D eigenvalue weighted by molar-refractivity contribution is 6.13. The molecule has 0 spiro atoms. The summed E-state index contributed by atoms with van der Waals surface area (Å²) in [4.78, 5) is 0. The molecule has 1 heterocycles. The molecular weight excluding hydrogens is 128 g/mol. The van der Waals surface area contributed by atoms with Gasteiger partial charge in [-0.15, -0.1) is 0 Å². The zero-order chi connectivity index (χ0) is 5.98. The highest BCUT2D eigenvalue weighted by Crippen LogP contribution is 2.09. The summed E-state index contributed by atoms with van der Waals surface area (Å²) in [6.07, 6.45) is 0.931. The molecule has 1 atom stereocenters. The molecule has 1 saturated heterocycles. The first-order valence-corrected chi connectivity index (χ1v) is 2.97. The molecule has 8 heavy (non-hydrogen) atoms. The van der Waals surface area contributed by atoms with Gasteiger partial charge < -0.3 is 5.21 Å².